The van der Waals surface area contributed by atoms with Crippen molar-refractivity contribution >= 4 is 17.4 Å². The lowest BCUT2D eigenvalue weighted by atomic mass is 10.1. The Morgan fingerprint density at radius 3 is 2.95 bits per heavy atom. The maximum atomic E-state index is 12.1. The maximum Gasteiger partial charge on any atom is 0.282 e. The molecule has 0 spiro atoms. The fourth-order valence-electron chi connectivity index (χ4n) is 1.64. The highest BCUT2D eigenvalue weighted by Gasteiger charge is 2.21. The Kier molecular flexibility index (Phi) is 3.43. The van der Waals surface area contributed by atoms with Crippen molar-refractivity contribution in [1.29, 1.82) is 5.26 Å². The smallest absolute Gasteiger partial charge is 0.282 e. The van der Waals surface area contributed by atoms with Gasteiger partial charge < -0.3 is 5.32 Å². The Bertz CT molecular complexity index is 729. The Balaban J connectivity index is 2.37. The third-order valence-electron chi connectivity index (χ3n) is 2.59. The van der Waals surface area contributed by atoms with Crippen molar-refractivity contribution in [2.45, 2.75) is 6.92 Å². The van der Waals surface area contributed by atoms with Crippen LogP contribution in [0.3, 0.4) is 0 Å². The van der Waals surface area contributed by atoms with Crippen LogP contribution in [0.25, 0.3) is 0 Å². The van der Waals surface area contributed by atoms with Gasteiger partial charge in [-0.3, -0.25) is 20.0 Å². The molecule has 8 heteroatoms. The average Bonchev–Trinajstić information content (AvgIpc) is 2.85. The van der Waals surface area contributed by atoms with Crippen LogP contribution in [-0.2, 0) is 0 Å². The average molecular weight is 271 g/mol. The maximum absolute atomic E-state index is 12.1. The zero-order chi connectivity index (χ0) is 14.7. The van der Waals surface area contributed by atoms with Gasteiger partial charge >= 0.3 is 0 Å². The van der Waals surface area contributed by atoms with Gasteiger partial charge in [0.25, 0.3) is 11.6 Å². The number of amides is 1. The third-order valence-corrected chi connectivity index (χ3v) is 2.59. The summed E-state index contributed by atoms with van der Waals surface area (Å²) in [7, 11) is 0. The number of H-pyrrole nitrogens is 1. The number of nitro benzene ring substituents is 1. The second-order valence-electron chi connectivity index (χ2n) is 4.00. The van der Waals surface area contributed by atoms with E-state index in [1.54, 1.807) is 13.0 Å². The van der Waals surface area contributed by atoms with E-state index < -0.39 is 10.8 Å². The second kappa shape index (κ2) is 5.19. The first kappa shape index (κ1) is 13.2. The van der Waals surface area contributed by atoms with Crippen molar-refractivity contribution in [1.82, 2.24) is 10.2 Å². The van der Waals surface area contributed by atoms with Gasteiger partial charge in [0.1, 0.15) is 23.0 Å². The molecule has 2 N–H and O–H groups in total. The predicted molar refractivity (Wildman–Crippen MR) is 69.1 cm³/mol. The van der Waals surface area contributed by atoms with Crippen LogP contribution in [0.4, 0.5) is 11.5 Å². The van der Waals surface area contributed by atoms with Gasteiger partial charge in [-0.1, -0.05) is 6.07 Å². The number of carbonyl (C=O) groups excluding carboxylic acids is 1. The zero-order valence-corrected chi connectivity index (χ0v) is 10.4. The summed E-state index contributed by atoms with van der Waals surface area (Å²) >= 11 is 0. The number of hydrogen-bond donors (Lipinski definition) is 2. The molecule has 1 aromatic carbocycles. The van der Waals surface area contributed by atoms with Crippen molar-refractivity contribution in [3.05, 3.63) is 51.2 Å². The van der Waals surface area contributed by atoms with E-state index in [9.17, 15) is 14.9 Å². The van der Waals surface area contributed by atoms with Gasteiger partial charge in [0, 0.05) is 6.07 Å². The van der Waals surface area contributed by atoms with Crippen molar-refractivity contribution in [3.63, 3.8) is 0 Å². The summed E-state index contributed by atoms with van der Waals surface area (Å²) in [6, 6.07) is 6.07. The van der Waals surface area contributed by atoms with Crippen LogP contribution in [0.15, 0.2) is 24.4 Å². The molecule has 0 atom stereocenters. The van der Waals surface area contributed by atoms with E-state index in [2.05, 4.69) is 15.5 Å². The van der Waals surface area contributed by atoms with Gasteiger partial charge in [0.15, 0.2) is 0 Å². The first-order valence-corrected chi connectivity index (χ1v) is 5.53. The Labute approximate surface area is 113 Å². The minimum absolute atomic E-state index is 0.0755. The normalized spacial score (nSPS) is 9.80. The zero-order valence-electron chi connectivity index (χ0n) is 10.4. The number of anilines is 1. The number of nitro groups is 1. The van der Waals surface area contributed by atoms with E-state index in [0.717, 1.165) is 0 Å². The molecule has 20 heavy (non-hydrogen) atoms. The summed E-state index contributed by atoms with van der Waals surface area (Å²) in [5, 5.41) is 28.2. The molecule has 8 nitrogen and oxygen atoms in total. The van der Waals surface area contributed by atoms with Crippen LogP contribution in [0, 0.1) is 28.4 Å². The second-order valence-corrected chi connectivity index (χ2v) is 4.00. The number of aromatic amines is 1. The molecule has 2 aromatic rings. The van der Waals surface area contributed by atoms with Crippen LogP contribution in [0.5, 0.6) is 0 Å². The standard InChI is InChI=1S/C12H9N5O3/c1-7-2-3-10(17(19)20)9(4-7)12(18)15-11-8(5-13)6-14-16-11/h2-4,6H,1H3,(H2,14,15,16,18). The number of benzene rings is 1. The van der Waals surface area contributed by atoms with Crippen LogP contribution in [0.2, 0.25) is 0 Å². The molecule has 0 bridgehead atoms. The number of aryl methyl sites for hydroxylation is 1. The summed E-state index contributed by atoms with van der Waals surface area (Å²) in [5.74, 6) is -0.575. The molecule has 2 rings (SSSR count). The minimum Gasteiger partial charge on any atom is -0.306 e. The van der Waals surface area contributed by atoms with E-state index in [1.807, 2.05) is 6.07 Å². The van der Waals surface area contributed by atoms with E-state index in [1.165, 1.54) is 18.3 Å². The van der Waals surface area contributed by atoms with E-state index >= 15 is 0 Å². The van der Waals surface area contributed by atoms with Crippen molar-refractivity contribution in [2.75, 3.05) is 5.32 Å². The summed E-state index contributed by atoms with van der Waals surface area (Å²) < 4.78 is 0. The SMILES string of the molecule is Cc1ccc([N+](=O)[O-])c(C(=O)Nc2[nH]ncc2C#N)c1. The number of rotatable bonds is 3. The van der Waals surface area contributed by atoms with E-state index in [-0.39, 0.29) is 22.6 Å². The fraction of sp³-hybridized carbons (Fsp3) is 0.0833. The number of nitrogens with one attached hydrogen (secondary N) is 2. The first-order chi connectivity index (χ1) is 9.52. The lowest BCUT2D eigenvalue weighted by Crippen LogP contribution is -2.15. The molecule has 0 fully saturated rings. The van der Waals surface area contributed by atoms with Crippen molar-refractivity contribution in [3.8, 4) is 6.07 Å². The Hall–Kier alpha value is -3.21. The monoisotopic (exact) mass is 271 g/mol. The Morgan fingerprint density at radius 1 is 1.55 bits per heavy atom. The summed E-state index contributed by atoms with van der Waals surface area (Å²) in [4.78, 5) is 22.4. The number of carbonyl (C=O) groups is 1. The lowest BCUT2D eigenvalue weighted by molar-refractivity contribution is -0.385. The molecule has 100 valence electrons. The molecule has 0 saturated heterocycles. The molecule has 1 aromatic heterocycles. The van der Waals surface area contributed by atoms with Gasteiger partial charge in [-0.15, -0.1) is 0 Å². The molecule has 0 aliphatic rings. The highest BCUT2D eigenvalue weighted by molar-refractivity contribution is 6.07. The van der Waals surface area contributed by atoms with Crippen LogP contribution >= 0.6 is 0 Å². The van der Waals surface area contributed by atoms with Gasteiger partial charge in [0.2, 0.25) is 0 Å². The number of hydrogen-bond acceptors (Lipinski definition) is 5. The lowest BCUT2D eigenvalue weighted by Gasteiger charge is -2.05. The summed E-state index contributed by atoms with van der Waals surface area (Å²) in [5.41, 5.74) is 0.485. The topological polar surface area (TPSA) is 125 Å². The van der Waals surface area contributed by atoms with Crippen LogP contribution in [-0.4, -0.2) is 21.0 Å². The Morgan fingerprint density at radius 2 is 2.30 bits per heavy atom. The third kappa shape index (κ3) is 2.46. The fourth-order valence-corrected chi connectivity index (χ4v) is 1.64. The van der Waals surface area contributed by atoms with Gasteiger partial charge in [-0.2, -0.15) is 10.4 Å². The molecule has 1 amide bonds. The molecule has 1 heterocycles. The van der Waals surface area contributed by atoms with Gasteiger partial charge in [-0.05, 0) is 18.6 Å². The van der Waals surface area contributed by atoms with Gasteiger partial charge in [0.05, 0.1) is 11.1 Å². The molecule has 0 radical (unpaired) electrons. The molecule has 0 unspecified atom stereocenters. The minimum atomic E-state index is -0.679. The number of nitrogens with zero attached hydrogens (tertiary/aromatic N) is 3. The predicted octanol–water partition coefficient (Wildman–Crippen LogP) is 1.75. The molecular weight excluding hydrogens is 262 g/mol. The van der Waals surface area contributed by atoms with Crippen molar-refractivity contribution in [2.24, 2.45) is 0 Å². The quantitative estimate of drug-likeness (QED) is 0.649. The first-order valence-electron chi connectivity index (χ1n) is 5.53. The highest BCUT2D eigenvalue weighted by atomic mass is 16.6. The van der Waals surface area contributed by atoms with E-state index in [4.69, 9.17) is 5.26 Å². The van der Waals surface area contributed by atoms with E-state index in [0.29, 0.717) is 5.56 Å². The molecular formula is C12H9N5O3. The van der Waals surface area contributed by atoms with Crippen LogP contribution < -0.4 is 5.32 Å². The number of nitriles is 1. The van der Waals surface area contributed by atoms with Crippen LogP contribution in [0.1, 0.15) is 21.5 Å². The van der Waals surface area contributed by atoms with Crippen molar-refractivity contribution < 1.29 is 9.72 Å². The number of aromatic nitrogens is 2. The highest BCUT2D eigenvalue weighted by Crippen LogP contribution is 2.21. The summed E-state index contributed by atoms with van der Waals surface area (Å²) in [6.07, 6.45) is 1.25. The molecule has 0 saturated carbocycles. The molecule has 0 aliphatic carbocycles. The largest absolute Gasteiger partial charge is 0.306 e. The summed E-state index contributed by atoms with van der Waals surface area (Å²) in [6.45, 7) is 1.72. The van der Waals surface area contributed by atoms with Gasteiger partial charge in [-0.25, -0.2) is 0 Å². The molecule has 0 aliphatic heterocycles.